The Hall–Kier alpha value is 0.380. The molecular formula is C10H13I. The van der Waals surface area contributed by atoms with Gasteiger partial charge in [0.2, 0.25) is 0 Å². The van der Waals surface area contributed by atoms with Gasteiger partial charge in [0.25, 0.3) is 0 Å². The molecule has 1 heteroatoms. The van der Waals surface area contributed by atoms with E-state index in [1.165, 1.54) is 12.8 Å². The molecule has 1 aliphatic heterocycles. The quantitative estimate of drug-likeness (QED) is 0.529. The third kappa shape index (κ3) is 0.495. The first-order chi connectivity index (χ1) is 5.28. The lowest BCUT2D eigenvalue weighted by atomic mass is 9.96. The van der Waals surface area contributed by atoms with Gasteiger partial charge in [0.15, 0.2) is 0 Å². The number of hydrogen-bond acceptors (Lipinski definition) is 0. The van der Waals surface area contributed by atoms with Crippen molar-refractivity contribution in [3.63, 3.8) is 0 Å². The van der Waals surface area contributed by atoms with Gasteiger partial charge in [0.1, 0.15) is 0 Å². The molecule has 0 saturated heterocycles. The second-order valence-corrected chi connectivity index (χ2v) is 6.78. The molecule has 11 heavy (non-hydrogen) atoms. The predicted octanol–water partition coefficient (Wildman–Crippen LogP) is 2.73. The minimum absolute atomic E-state index is 0.359. The molecule has 3 aliphatic rings. The highest BCUT2D eigenvalue weighted by atomic mass is 127. The van der Waals surface area contributed by atoms with E-state index in [-0.39, 0.29) is 0 Å². The monoisotopic (exact) mass is 260 g/mol. The summed E-state index contributed by atoms with van der Waals surface area (Å²) in [4.78, 5) is 0. The summed E-state index contributed by atoms with van der Waals surface area (Å²) >= 11 is 0.359. The minimum atomic E-state index is 0.359. The first kappa shape index (κ1) is 6.85. The van der Waals surface area contributed by atoms with Crippen LogP contribution < -0.4 is 0 Å². The van der Waals surface area contributed by atoms with Crippen molar-refractivity contribution in [1.82, 2.24) is 0 Å². The average Bonchev–Trinajstić information content (AvgIpc) is 2.77. The van der Waals surface area contributed by atoms with E-state index in [9.17, 15) is 0 Å². The molecule has 0 radical (unpaired) electrons. The zero-order chi connectivity index (χ0) is 7.69. The molecule has 0 aromatic rings. The van der Waals surface area contributed by atoms with Crippen molar-refractivity contribution in [2.24, 2.45) is 16.7 Å². The van der Waals surface area contributed by atoms with Crippen molar-refractivity contribution in [1.29, 1.82) is 0 Å². The average molecular weight is 260 g/mol. The SMILES string of the molecule is CCC(C)C12CC13C=C=IC32. The van der Waals surface area contributed by atoms with Gasteiger partial charge in [0, 0.05) is 9.34 Å². The zero-order valence-electron chi connectivity index (χ0n) is 7.02. The maximum absolute atomic E-state index is 3.49. The van der Waals surface area contributed by atoms with E-state index in [1.54, 1.807) is 0 Å². The largest absolute Gasteiger partial charge is 0.0903 e. The van der Waals surface area contributed by atoms with Crippen LogP contribution in [0.15, 0.2) is 6.08 Å². The zero-order valence-corrected chi connectivity index (χ0v) is 9.18. The van der Waals surface area contributed by atoms with E-state index < -0.39 is 0 Å². The van der Waals surface area contributed by atoms with Crippen LogP contribution in [0.1, 0.15) is 26.7 Å². The van der Waals surface area contributed by atoms with E-state index in [0.29, 0.717) is 20.7 Å². The Morgan fingerprint density at radius 3 is 3.18 bits per heavy atom. The first-order valence-corrected chi connectivity index (χ1v) is 6.82. The molecule has 0 N–H and O–H groups in total. The molecule has 2 saturated carbocycles. The van der Waals surface area contributed by atoms with Crippen molar-refractivity contribution in [3.05, 3.63) is 6.08 Å². The van der Waals surface area contributed by atoms with Crippen molar-refractivity contribution < 1.29 is 0 Å². The Bertz CT molecular complexity index is 287. The van der Waals surface area contributed by atoms with Crippen LogP contribution in [0.4, 0.5) is 0 Å². The summed E-state index contributed by atoms with van der Waals surface area (Å²) in [6, 6.07) is 0. The molecule has 0 amide bonds. The van der Waals surface area contributed by atoms with E-state index in [0.717, 1.165) is 20.7 Å². The highest BCUT2D eigenvalue weighted by Gasteiger charge is 2.91. The third-order valence-electron chi connectivity index (χ3n) is 4.12. The van der Waals surface area contributed by atoms with Gasteiger partial charge in [-0.25, -0.2) is 0 Å². The van der Waals surface area contributed by atoms with Gasteiger partial charge in [0.05, 0.1) is 0 Å². The first-order valence-electron chi connectivity index (χ1n) is 4.50. The summed E-state index contributed by atoms with van der Waals surface area (Å²) in [6.07, 6.45) is 5.35. The Morgan fingerprint density at radius 2 is 2.64 bits per heavy atom. The van der Waals surface area contributed by atoms with Gasteiger partial charge < -0.3 is 0 Å². The van der Waals surface area contributed by atoms with Crippen molar-refractivity contribution >= 4 is 24.4 Å². The Morgan fingerprint density at radius 1 is 1.82 bits per heavy atom. The molecule has 60 valence electrons. The number of alkyl halides is 1. The lowest BCUT2D eigenvalue weighted by Gasteiger charge is -2.13. The lowest BCUT2D eigenvalue weighted by molar-refractivity contribution is 0.415. The maximum atomic E-state index is 3.49. The second kappa shape index (κ2) is 1.67. The molecule has 0 aromatic carbocycles. The number of allylic oxidation sites excluding steroid dienone is 1. The van der Waals surface area contributed by atoms with Crippen LogP contribution in [0.2, 0.25) is 0 Å². The third-order valence-corrected chi connectivity index (χ3v) is 7.64. The van der Waals surface area contributed by atoms with Crippen molar-refractivity contribution in [2.45, 2.75) is 30.6 Å². The van der Waals surface area contributed by atoms with Gasteiger partial charge in [-0.05, 0) is 23.8 Å². The summed E-state index contributed by atoms with van der Waals surface area (Å²) < 4.78 is 4.64. The van der Waals surface area contributed by atoms with Crippen LogP contribution in [-0.2, 0) is 0 Å². The molecule has 0 nitrogen and oxygen atoms in total. The summed E-state index contributed by atoms with van der Waals surface area (Å²) in [5, 5.41) is 0. The van der Waals surface area contributed by atoms with Crippen molar-refractivity contribution in [2.75, 3.05) is 0 Å². The van der Waals surface area contributed by atoms with Gasteiger partial charge in [-0.1, -0.05) is 44.7 Å². The van der Waals surface area contributed by atoms with E-state index >= 15 is 0 Å². The van der Waals surface area contributed by atoms with Gasteiger partial charge >= 0.3 is 0 Å². The lowest BCUT2D eigenvalue weighted by Crippen LogP contribution is -2.08. The summed E-state index contributed by atoms with van der Waals surface area (Å²) in [6.45, 7) is 4.79. The smallest absolute Gasteiger partial charge is 0.0303 e. The highest BCUT2D eigenvalue weighted by Crippen LogP contribution is 2.94. The van der Waals surface area contributed by atoms with E-state index in [2.05, 4.69) is 23.6 Å². The Balaban J connectivity index is 1.91. The predicted molar refractivity (Wildman–Crippen MR) is 56.3 cm³/mol. The Kier molecular flexibility index (Phi) is 1.04. The standard InChI is InChI=1S/C10H13I/c1-3-7(2)10-6-9(10)4-5-11-8(9)10/h4,7-8H,3,6H2,1-2H3. The fourth-order valence-corrected chi connectivity index (χ4v) is 7.40. The molecule has 1 spiro atoms. The normalized spacial score (nSPS) is 57.8. The molecule has 4 atom stereocenters. The molecule has 4 unspecified atom stereocenters. The van der Waals surface area contributed by atoms with Crippen LogP contribution in [0.3, 0.4) is 0 Å². The van der Waals surface area contributed by atoms with Gasteiger partial charge in [-0.3, -0.25) is 0 Å². The number of fused-ring (bicyclic) bond motifs is 1. The summed E-state index contributed by atoms with van der Waals surface area (Å²) in [7, 11) is 0. The fourth-order valence-electron chi connectivity index (χ4n) is 2.98. The van der Waals surface area contributed by atoms with Crippen LogP contribution in [0, 0.1) is 16.7 Å². The molecular weight excluding hydrogens is 247 g/mol. The van der Waals surface area contributed by atoms with Gasteiger partial charge in [-0.15, -0.1) is 0 Å². The molecule has 1 heterocycles. The molecule has 2 fully saturated rings. The molecule has 0 aromatic heterocycles. The number of hydrogen-bond donors (Lipinski definition) is 0. The maximum Gasteiger partial charge on any atom is 0.0303 e. The van der Waals surface area contributed by atoms with Crippen LogP contribution in [0.5, 0.6) is 0 Å². The van der Waals surface area contributed by atoms with Crippen LogP contribution in [-0.4, -0.2) is 7.59 Å². The highest BCUT2D eigenvalue weighted by molar-refractivity contribution is 14.2. The van der Waals surface area contributed by atoms with Gasteiger partial charge in [-0.2, -0.15) is 0 Å². The minimum Gasteiger partial charge on any atom is -0.0903 e. The van der Waals surface area contributed by atoms with Crippen LogP contribution >= 0.6 is 20.7 Å². The molecule has 3 rings (SSSR count). The molecule has 2 aliphatic carbocycles. The molecule has 0 bridgehead atoms. The Labute approximate surface area is 77.8 Å². The fraction of sp³-hybridized carbons (Fsp3) is 0.800. The number of halogens is 1. The summed E-state index contributed by atoms with van der Waals surface area (Å²) in [5.41, 5.74) is 1.61. The summed E-state index contributed by atoms with van der Waals surface area (Å²) in [5.74, 6) is 0.991. The second-order valence-electron chi connectivity index (χ2n) is 4.29. The van der Waals surface area contributed by atoms with E-state index in [4.69, 9.17) is 0 Å². The van der Waals surface area contributed by atoms with Crippen molar-refractivity contribution in [3.8, 4) is 0 Å². The number of rotatable bonds is 2. The van der Waals surface area contributed by atoms with E-state index in [1.807, 2.05) is 0 Å². The van der Waals surface area contributed by atoms with Crippen LogP contribution in [0.25, 0.3) is 0 Å². The topological polar surface area (TPSA) is 0 Å².